The van der Waals surface area contributed by atoms with Crippen molar-refractivity contribution in [3.8, 4) is 11.8 Å². The molecule has 0 amide bonds. The number of benzene rings is 2. The van der Waals surface area contributed by atoms with Crippen molar-refractivity contribution >= 4 is 17.7 Å². The summed E-state index contributed by atoms with van der Waals surface area (Å²) in [7, 11) is 0. The monoisotopic (exact) mass is 338 g/mol. The number of rotatable bonds is 4. The van der Waals surface area contributed by atoms with Gasteiger partial charge in [0, 0.05) is 0 Å². The quantitative estimate of drug-likeness (QED) is 0.555. The predicted molar refractivity (Wildman–Crippen MR) is 95.7 cm³/mol. The molecule has 0 fully saturated rings. The fourth-order valence-electron chi connectivity index (χ4n) is 2.96. The van der Waals surface area contributed by atoms with Gasteiger partial charge in [-0.1, -0.05) is 0 Å². The van der Waals surface area contributed by atoms with Crippen LogP contribution in [0.25, 0.3) is 0 Å². The van der Waals surface area contributed by atoms with Gasteiger partial charge in [-0.2, -0.15) is 0 Å². The Labute approximate surface area is 132 Å². The van der Waals surface area contributed by atoms with Crippen molar-refractivity contribution in [3.63, 3.8) is 0 Å². The van der Waals surface area contributed by atoms with E-state index in [1.807, 2.05) is 18.2 Å². The summed E-state index contributed by atoms with van der Waals surface area (Å²) in [4.78, 5) is 0. The van der Waals surface area contributed by atoms with Crippen molar-refractivity contribution in [2.45, 2.75) is 36.5 Å². The van der Waals surface area contributed by atoms with E-state index in [9.17, 15) is 0 Å². The van der Waals surface area contributed by atoms with Crippen molar-refractivity contribution < 1.29 is 0 Å². The zero-order valence-corrected chi connectivity index (χ0v) is 15.4. The van der Waals surface area contributed by atoms with Gasteiger partial charge in [-0.25, -0.2) is 0 Å². The van der Waals surface area contributed by atoms with Crippen LogP contribution in [0.1, 0.15) is 31.9 Å². The van der Waals surface area contributed by atoms with E-state index in [4.69, 9.17) is 0 Å². The predicted octanol–water partition coefficient (Wildman–Crippen LogP) is 4.80. The summed E-state index contributed by atoms with van der Waals surface area (Å²) in [5.41, 5.74) is 2.24. The summed E-state index contributed by atoms with van der Waals surface area (Å²) in [6.07, 6.45) is 0. The minimum absolute atomic E-state index is 1.08. The molecule has 1 heteroatoms. The zero-order valence-electron chi connectivity index (χ0n) is 13.3. The molecule has 0 radical (unpaired) electrons. The number of hydrogen-bond acceptors (Lipinski definition) is 0. The van der Waals surface area contributed by atoms with E-state index in [1.54, 1.807) is 4.40 Å². The summed E-state index contributed by atoms with van der Waals surface area (Å²) >= 11 is -1.86. The van der Waals surface area contributed by atoms with Gasteiger partial charge >= 0.3 is 132 Å². The van der Waals surface area contributed by atoms with Gasteiger partial charge in [-0.3, -0.25) is 0 Å². The molecule has 0 bridgehead atoms. The Morgan fingerprint density at radius 1 is 0.714 bits per heavy atom. The van der Waals surface area contributed by atoms with E-state index in [0.29, 0.717) is 0 Å². The van der Waals surface area contributed by atoms with Crippen molar-refractivity contribution in [1.82, 2.24) is 0 Å². The fraction of sp³-hybridized carbons (Fsp3) is 0.300. The van der Waals surface area contributed by atoms with Gasteiger partial charge in [0.25, 0.3) is 0 Å². The molecule has 2 aromatic rings. The molecule has 21 heavy (non-hydrogen) atoms. The number of hydrogen-bond donors (Lipinski definition) is 0. The molecule has 0 N–H and O–H groups in total. The van der Waals surface area contributed by atoms with Crippen LogP contribution in [0.2, 0.25) is 15.8 Å². The Hall–Kier alpha value is -1.46. The normalized spacial score (nSPS) is 10.8. The van der Waals surface area contributed by atoms with Gasteiger partial charge in [0.2, 0.25) is 0 Å². The maximum atomic E-state index is 3.33. The standard InChI is InChI=1S/C20H24Ge/c1-4-21(5-2,6-3)20-14-10-13-19(17-20)16-15-18-11-8-7-9-12-18/h7-14,17H,4-6H2,1-3H3. The molecule has 0 aromatic heterocycles. The Bertz CT molecular complexity index is 619. The second-order valence-corrected chi connectivity index (χ2v) is 16.6. The Kier molecular flexibility index (Phi) is 5.70. The van der Waals surface area contributed by atoms with E-state index >= 15 is 0 Å². The Morgan fingerprint density at radius 3 is 1.90 bits per heavy atom. The molecular formula is C20H24Ge. The molecule has 0 saturated carbocycles. The molecule has 0 aliphatic heterocycles. The van der Waals surface area contributed by atoms with Gasteiger partial charge in [0.05, 0.1) is 0 Å². The van der Waals surface area contributed by atoms with E-state index in [1.165, 1.54) is 15.8 Å². The van der Waals surface area contributed by atoms with Crippen LogP contribution in [0.15, 0.2) is 54.6 Å². The molecule has 0 atom stereocenters. The molecule has 108 valence electrons. The average molecular weight is 337 g/mol. The molecule has 2 aromatic carbocycles. The summed E-state index contributed by atoms with van der Waals surface area (Å²) in [6, 6.07) is 19.2. The molecule has 0 aliphatic rings. The SMILES string of the molecule is C[CH2][Ge]([CH2]C)([CH2]C)[c]1cccc(C#Cc2ccccc2)c1. The first-order chi connectivity index (χ1) is 10.2. The molecule has 0 saturated heterocycles. The first-order valence-electron chi connectivity index (χ1n) is 7.91. The van der Waals surface area contributed by atoms with Crippen molar-refractivity contribution in [2.24, 2.45) is 0 Å². The van der Waals surface area contributed by atoms with Gasteiger partial charge < -0.3 is 0 Å². The van der Waals surface area contributed by atoms with Crippen LogP contribution >= 0.6 is 0 Å². The van der Waals surface area contributed by atoms with Gasteiger partial charge in [-0.05, 0) is 0 Å². The Balaban J connectivity index is 2.32. The van der Waals surface area contributed by atoms with Crippen LogP contribution in [0.3, 0.4) is 0 Å². The average Bonchev–Trinajstić information content (AvgIpc) is 2.57. The van der Waals surface area contributed by atoms with Crippen molar-refractivity contribution in [2.75, 3.05) is 0 Å². The molecule has 0 spiro atoms. The fourth-order valence-corrected chi connectivity index (χ4v) is 10.6. The maximum absolute atomic E-state index is 3.33. The van der Waals surface area contributed by atoms with E-state index in [0.717, 1.165) is 11.1 Å². The Morgan fingerprint density at radius 2 is 1.29 bits per heavy atom. The molecule has 0 nitrogen and oxygen atoms in total. The molecule has 0 aliphatic carbocycles. The van der Waals surface area contributed by atoms with Crippen LogP contribution < -0.4 is 4.40 Å². The van der Waals surface area contributed by atoms with Crippen LogP contribution in [-0.2, 0) is 0 Å². The van der Waals surface area contributed by atoms with Crippen LogP contribution in [0.4, 0.5) is 0 Å². The minimum atomic E-state index is -1.86. The van der Waals surface area contributed by atoms with Crippen molar-refractivity contribution in [3.05, 3.63) is 65.7 Å². The molecule has 0 unspecified atom stereocenters. The molecule has 0 heterocycles. The zero-order chi connectivity index (χ0) is 15.1. The van der Waals surface area contributed by atoms with E-state index in [-0.39, 0.29) is 0 Å². The first kappa shape index (κ1) is 15.9. The topological polar surface area (TPSA) is 0 Å². The third kappa shape index (κ3) is 3.80. The van der Waals surface area contributed by atoms with Gasteiger partial charge in [0.1, 0.15) is 0 Å². The third-order valence-corrected chi connectivity index (χ3v) is 16.4. The molecular weight excluding hydrogens is 313 g/mol. The summed E-state index contributed by atoms with van der Waals surface area (Å²) in [6.45, 7) is 7.11. The second-order valence-electron chi connectivity index (χ2n) is 5.54. The second kappa shape index (κ2) is 7.52. The van der Waals surface area contributed by atoms with E-state index in [2.05, 4.69) is 69.0 Å². The third-order valence-electron chi connectivity index (χ3n) is 4.63. The molecule has 2 rings (SSSR count). The summed E-state index contributed by atoms with van der Waals surface area (Å²) in [5.74, 6) is 6.59. The van der Waals surface area contributed by atoms with Crippen LogP contribution in [-0.4, -0.2) is 13.3 Å². The van der Waals surface area contributed by atoms with Crippen LogP contribution in [0, 0.1) is 11.8 Å². The van der Waals surface area contributed by atoms with Crippen molar-refractivity contribution in [1.29, 1.82) is 0 Å². The summed E-state index contributed by atoms with van der Waals surface area (Å²) in [5, 5.41) is 4.09. The first-order valence-corrected chi connectivity index (χ1v) is 13.4. The van der Waals surface area contributed by atoms with Gasteiger partial charge in [0.15, 0.2) is 0 Å². The van der Waals surface area contributed by atoms with Gasteiger partial charge in [-0.15, -0.1) is 0 Å². The van der Waals surface area contributed by atoms with Crippen LogP contribution in [0.5, 0.6) is 0 Å². The van der Waals surface area contributed by atoms with E-state index < -0.39 is 13.3 Å². The summed E-state index contributed by atoms with van der Waals surface area (Å²) < 4.78 is 1.61.